The van der Waals surface area contributed by atoms with E-state index in [9.17, 15) is 9.59 Å². The first-order valence-electron chi connectivity index (χ1n) is 4.93. The summed E-state index contributed by atoms with van der Waals surface area (Å²) in [6.07, 6.45) is 4.08. The molecule has 0 aromatic heterocycles. The lowest BCUT2D eigenvalue weighted by Gasteiger charge is -2.29. The van der Waals surface area contributed by atoms with Crippen LogP contribution in [0, 0.1) is 0 Å². The average molecular weight is 252 g/mol. The highest BCUT2D eigenvalue weighted by Crippen LogP contribution is 2.24. The zero-order valence-corrected chi connectivity index (χ0v) is 9.97. The summed E-state index contributed by atoms with van der Waals surface area (Å²) in [5.41, 5.74) is 0. The number of nitrogens with zero attached hydrogens (tertiary/aromatic N) is 1. The summed E-state index contributed by atoms with van der Waals surface area (Å²) in [5.74, 6) is -0.0494. The summed E-state index contributed by atoms with van der Waals surface area (Å²) < 4.78 is 4.66. The van der Waals surface area contributed by atoms with E-state index in [2.05, 4.69) is 17.4 Å². The van der Waals surface area contributed by atoms with Gasteiger partial charge in [-0.15, -0.1) is 12.6 Å². The molecule has 0 aromatic carbocycles. The quantitative estimate of drug-likeness (QED) is 0.355. The van der Waals surface area contributed by atoms with E-state index >= 15 is 0 Å². The Kier molecular flexibility index (Phi) is 5.25. The highest BCUT2D eigenvalue weighted by molar-refractivity contribution is 7.80. The minimum absolute atomic E-state index is 0.0494. The first-order valence-corrected chi connectivity index (χ1v) is 5.94. The maximum atomic E-state index is 11.4. The highest BCUT2D eigenvalue weighted by Gasteiger charge is 2.30. The van der Waals surface area contributed by atoms with E-state index in [4.69, 9.17) is 11.6 Å². The summed E-state index contributed by atoms with van der Waals surface area (Å²) >= 11 is 9.13. The molecule has 0 atom stereocenters. The van der Waals surface area contributed by atoms with E-state index in [1.165, 1.54) is 0 Å². The molecule has 1 saturated carbocycles. The van der Waals surface area contributed by atoms with Crippen molar-refractivity contribution in [2.24, 2.45) is 0 Å². The number of amides is 2. The van der Waals surface area contributed by atoms with E-state index in [-0.39, 0.29) is 12.0 Å². The molecular weight excluding hydrogens is 238 g/mol. The second kappa shape index (κ2) is 6.23. The molecule has 15 heavy (non-hydrogen) atoms. The van der Waals surface area contributed by atoms with Crippen LogP contribution in [0.1, 0.15) is 32.1 Å². The molecule has 0 N–H and O–H groups in total. The zero-order chi connectivity index (χ0) is 11.3. The maximum absolute atomic E-state index is 11.4. The predicted octanol–water partition coefficient (Wildman–Crippen LogP) is 3.00. The standard InChI is InChI=1S/C9H14ClNO3S/c10-8(12)11(9(13)14-6-15)7-4-2-1-3-5-7/h7,15H,1-6H2. The van der Waals surface area contributed by atoms with Crippen molar-refractivity contribution in [2.45, 2.75) is 38.1 Å². The van der Waals surface area contributed by atoms with Gasteiger partial charge in [0.2, 0.25) is 0 Å². The lowest BCUT2D eigenvalue weighted by Crippen LogP contribution is -2.43. The zero-order valence-electron chi connectivity index (χ0n) is 8.32. The number of carbonyl (C=O) groups excluding carboxylic acids is 2. The van der Waals surface area contributed by atoms with Crippen molar-refractivity contribution >= 4 is 35.7 Å². The Bertz CT molecular complexity index is 244. The average Bonchev–Trinajstić information content (AvgIpc) is 2.19. The fourth-order valence-electron chi connectivity index (χ4n) is 1.83. The van der Waals surface area contributed by atoms with Crippen molar-refractivity contribution in [1.82, 2.24) is 4.90 Å². The van der Waals surface area contributed by atoms with Gasteiger partial charge in [0.05, 0.1) is 0 Å². The number of imide groups is 1. The molecular formula is C9H14ClNO3S. The van der Waals surface area contributed by atoms with Gasteiger partial charge in [-0.25, -0.2) is 9.69 Å². The molecule has 1 aliphatic rings. The number of halogens is 1. The molecule has 1 rings (SSSR count). The number of hydrogen-bond acceptors (Lipinski definition) is 4. The SMILES string of the molecule is O=C(Cl)N(C(=O)OCS)C1CCCCC1. The van der Waals surface area contributed by atoms with Gasteiger partial charge in [0.1, 0.15) is 5.94 Å². The second-order valence-electron chi connectivity index (χ2n) is 3.45. The Balaban J connectivity index is 2.63. The second-order valence-corrected chi connectivity index (χ2v) is 4.04. The normalized spacial score (nSPS) is 17.2. The van der Waals surface area contributed by atoms with E-state index in [0.29, 0.717) is 0 Å². The van der Waals surface area contributed by atoms with Crippen molar-refractivity contribution in [2.75, 3.05) is 5.94 Å². The third kappa shape index (κ3) is 3.57. The first kappa shape index (κ1) is 12.6. The van der Waals surface area contributed by atoms with Crippen LogP contribution in [0.4, 0.5) is 9.59 Å². The molecule has 0 aromatic rings. The highest BCUT2D eigenvalue weighted by atomic mass is 35.5. The summed E-state index contributed by atoms with van der Waals surface area (Å²) in [6, 6.07) is -0.115. The van der Waals surface area contributed by atoms with Gasteiger partial charge in [-0.2, -0.15) is 0 Å². The van der Waals surface area contributed by atoms with Crippen LogP contribution in [0.25, 0.3) is 0 Å². The number of carbonyl (C=O) groups is 2. The van der Waals surface area contributed by atoms with Crippen LogP contribution in [0.15, 0.2) is 0 Å². The van der Waals surface area contributed by atoms with Crippen molar-refractivity contribution in [3.8, 4) is 0 Å². The Morgan fingerprint density at radius 1 is 1.33 bits per heavy atom. The Morgan fingerprint density at radius 3 is 2.40 bits per heavy atom. The van der Waals surface area contributed by atoms with Gasteiger partial charge >= 0.3 is 11.5 Å². The summed E-state index contributed by atoms with van der Waals surface area (Å²) in [6.45, 7) is 0. The molecule has 6 heteroatoms. The van der Waals surface area contributed by atoms with Crippen LogP contribution in [0.2, 0.25) is 0 Å². The van der Waals surface area contributed by atoms with E-state index in [1.54, 1.807) is 0 Å². The largest absolute Gasteiger partial charge is 0.438 e. The number of hydrogen-bond donors (Lipinski definition) is 1. The third-order valence-electron chi connectivity index (χ3n) is 2.51. The first-order chi connectivity index (χ1) is 7.16. The monoisotopic (exact) mass is 251 g/mol. The number of thiol groups is 1. The van der Waals surface area contributed by atoms with Gasteiger partial charge < -0.3 is 4.74 Å². The number of ether oxygens (including phenoxy) is 1. The van der Waals surface area contributed by atoms with Crippen molar-refractivity contribution in [3.63, 3.8) is 0 Å². The summed E-state index contributed by atoms with van der Waals surface area (Å²) in [7, 11) is 0. The van der Waals surface area contributed by atoms with Gasteiger partial charge in [-0.05, 0) is 24.4 Å². The lowest BCUT2D eigenvalue weighted by molar-refractivity contribution is 0.109. The van der Waals surface area contributed by atoms with Crippen LogP contribution < -0.4 is 0 Å². The summed E-state index contributed by atoms with van der Waals surface area (Å²) in [5, 5.41) is -0.770. The van der Waals surface area contributed by atoms with Gasteiger partial charge in [0.15, 0.2) is 0 Å². The van der Waals surface area contributed by atoms with Crippen LogP contribution >= 0.6 is 24.2 Å². The van der Waals surface area contributed by atoms with Gasteiger partial charge in [-0.1, -0.05) is 19.3 Å². The molecule has 86 valence electrons. The molecule has 0 saturated heterocycles. The molecule has 1 fully saturated rings. The van der Waals surface area contributed by atoms with Gasteiger partial charge in [0, 0.05) is 6.04 Å². The van der Waals surface area contributed by atoms with Crippen LogP contribution in [-0.2, 0) is 4.74 Å². The van der Waals surface area contributed by atoms with E-state index < -0.39 is 11.5 Å². The van der Waals surface area contributed by atoms with Crippen molar-refractivity contribution < 1.29 is 14.3 Å². The molecule has 4 nitrogen and oxygen atoms in total. The fourth-order valence-corrected chi connectivity index (χ4v) is 2.15. The molecule has 0 radical (unpaired) electrons. The summed E-state index contributed by atoms with van der Waals surface area (Å²) in [4.78, 5) is 23.6. The van der Waals surface area contributed by atoms with Crippen molar-refractivity contribution in [3.05, 3.63) is 0 Å². The van der Waals surface area contributed by atoms with Gasteiger partial charge in [-0.3, -0.25) is 4.79 Å². The fraction of sp³-hybridized carbons (Fsp3) is 0.778. The molecule has 0 spiro atoms. The predicted molar refractivity (Wildman–Crippen MR) is 60.3 cm³/mol. The van der Waals surface area contributed by atoms with E-state index in [1.807, 2.05) is 0 Å². The van der Waals surface area contributed by atoms with Gasteiger partial charge in [0.25, 0.3) is 0 Å². The smallest absolute Gasteiger partial charge is 0.418 e. The minimum Gasteiger partial charge on any atom is -0.438 e. The Labute approximate surface area is 99.3 Å². The third-order valence-corrected chi connectivity index (χ3v) is 2.83. The molecule has 1 aliphatic carbocycles. The minimum atomic E-state index is -0.770. The van der Waals surface area contributed by atoms with Crippen LogP contribution in [-0.4, -0.2) is 28.3 Å². The Morgan fingerprint density at radius 2 is 1.93 bits per heavy atom. The maximum Gasteiger partial charge on any atom is 0.418 e. The van der Waals surface area contributed by atoms with Crippen LogP contribution in [0.3, 0.4) is 0 Å². The topological polar surface area (TPSA) is 46.6 Å². The molecule has 0 bridgehead atoms. The lowest BCUT2D eigenvalue weighted by atomic mass is 9.95. The molecule has 2 amide bonds. The van der Waals surface area contributed by atoms with Crippen LogP contribution in [0.5, 0.6) is 0 Å². The molecule has 0 aliphatic heterocycles. The number of rotatable bonds is 2. The molecule has 0 heterocycles. The molecule has 0 unspecified atom stereocenters. The Hall–Kier alpha value is -0.420. The van der Waals surface area contributed by atoms with E-state index in [0.717, 1.165) is 37.0 Å². The van der Waals surface area contributed by atoms with Crippen molar-refractivity contribution in [1.29, 1.82) is 0 Å².